The van der Waals surface area contributed by atoms with E-state index in [2.05, 4.69) is 25.6 Å². The third kappa shape index (κ3) is 5.01. The topological polar surface area (TPSA) is 93.2 Å². The Morgan fingerprint density at radius 1 is 1.33 bits per heavy atom. The first-order valence-corrected chi connectivity index (χ1v) is 9.24. The fourth-order valence-electron chi connectivity index (χ4n) is 1.36. The molecule has 18 heavy (non-hydrogen) atoms. The van der Waals surface area contributed by atoms with Crippen molar-refractivity contribution < 1.29 is 16.8 Å². The van der Waals surface area contributed by atoms with E-state index in [1.807, 2.05) is 0 Å². The molecule has 1 aromatic rings. The van der Waals surface area contributed by atoms with Crippen molar-refractivity contribution in [1.82, 2.24) is 9.71 Å². The second-order valence-corrected chi connectivity index (χ2v) is 8.77. The molecule has 1 N–H and O–H groups in total. The largest absolute Gasteiger partial charge is 0.262 e. The van der Waals surface area contributed by atoms with Crippen LogP contribution in [-0.2, 0) is 19.9 Å². The van der Waals surface area contributed by atoms with Crippen molar-refractivity contribution in [3.63, 3.8) is 0 Å². The van der Waals surface area contributed by atoms with E-state index in [1.54, 1.807) is 0 Å². The fraction of sp³-hybridized carbons (Fsp3) is 0.444. The summed E-state index contributed by atoms with van der Waals surface area (Å²) in [4.78, 5) is 3.73. The van der Waals surface area contributed by atoms with Gasteiger partial charge in [0.2, 0.25) is 10.0 Å². The minimum absolute atomic E-state index is 0.0165. The number of pyridine rings is 1. The van der Waals surface area contributed by atoms with Crippen molar-refractivity contribution in [3.05, 3.63) is 22.9 Å². The van der Waals surface area contributed by atoms with E-state index in [9.17, 15) is 16.8 Å². The van der Waals surface area contributed by atoms with Gasteiger partial charge in [-0.25, -0.2) is 21.6 Å². The predicted octanol–water partition coefficient (Wildman–Crippen LogP) is 0.556. The highest BCUT2D eigenvalue weighted by Crippen LogP contribution is 2.14. The van der Waals surface area contributed by atoms with E-state index in [0.717, 1.165) is 6.26 Å². The first-order valence-electron chi connectivity index (χ1n) is 4.91. The number of halogens is 1. The Bertz CT molecular complexity index is 628. The van der Waals surface area contributed by atoms with E-state index in [4.69, 9.17) is 0 Å². The van der Waals surface area contributed by atoms with Gasteiger partial charge in [-0.2, -0.15) is 0 Å². The molecule has 1 aromatic heterocycles. The molecule has 1 heterocycles. The number of rotatable bonds is 5. The normalized spacial score (nSPS) is 14.4. The van der Waals surface area contributed by atoms with Gasteiger partial charge >= 0.3 is 0 Å². The summed E-state index contributed by atoms with van der Waals surface area (Å²) in [6, 6.07) is 0.687. The molecule has 0 saturated carbocycles. The lowest BCUT2D eigenvalue weighted by atomic mass is 10.4. The molecule has 0 spiro atoms. The Labute approximate surface area is 115 Å². The second-order valence-electron chi connectivity index (χ2n) is 3.95. The maximum Gasteiger partial charge on any atom is 0.242 e. The third-order valence-electron chi connectivity index (χ3n) is 1.90. The highest BCUT2D eigenvalue weighted by Gasteiger charge is 2.20. The minimum Gasteiger partial charge on any atom is -0.262 e. The van der Waals surface area contributed by atoms with Crippen molar-refractivity contribution in [1.29, 1.82) is 0 Å². The first-order chi connectivity index (χ1) is 8.10. The predicted molar refractivity (Wildman–Crippen MR) is 71.4 cm³/mol. The first kappa shape index (κ1) is 15.5. The number of sulfonamides is 1. The summed E-state index contributed by atoms with van der Waals surface area (Å²) < 4.78 is 48.8. The highest BCUT2D eigenvalue weighted by molar-refractivity contribution is 9.10. The Hall–Kier alpha value is -0.510. The molecule has 0 radical (unpaired) electrons. The van der Waals surface area contributed by atoms with E-state index in [0.29, 0.717) is 4.47 Å². The average Bonchev–Trinajstić information content (AvgIpc) is 2.13. The van der Waals surface area contributed by atoms with Crippen LogP contribution >= 0.6 is 15.9 Å². The molecule has 0 amide bonds. The second kappa shape index (κ2) is 5.64. The Morgan fingerprint density at radius 2 is 1.94 bits per heavy atom. The monoisotopic (exact) mass is 356 g/mol. The maximum atomic E-state index is 11.9. The van der Waals surface area contributed by atoms with E-state index < -0.39 is 25.9 Å². The number of hydrogen-bond donors (Lipinski definition) is 1. The summed E-state index contributed by atoms with van der Waals surface area (Å²) in [5, 5.41) is 0. The third-order valence-corrected chi connectivity index (χ3v) is 4.99. The molecule has 0 aliphatic heterocycles. The molecule has 0 aliphatic carbocycles. The quantitative estimate of drug-likeness (QED) is 0.831. The molecule has 9 heteroatoms. The van der Waals surface area contributed by atoms with Crippen LogP contribution in [0.3, 0.4) is 0 Å². The molecule has 1 atom stereocenters. The van der Waals surface area contributed by atoms with Gasteiger partial charge in [-0.05, 0) is 28.9 Å². The summed E-state index contributed by atoms with van der Waals surface area (Å²) in [6.45, 7) is 1.49. The fourth-order valence-corrected chi connectivity index (χ4v) is 4.20. The average molecular weight is 357 g/mol. The van der Waals surface area contributed by atoms with Crippen LogP contribution in [0.15, 0.2) is 27.8 Å². The molecule has 102 valence electrons. The van der Waals surface area contributed by atoms with Gasteiger partial charge in [0.05, 0.1) is 5.75 Å². The van der Waals surface area contributed by atoms with E-state index >= 15 is 0 Å². The molecular formula is C9H13BrN2O4S2. The van der Waals surface area contributed by atoms with Crippen molar-refractivity contribution in [2.45, 2.75) is 17.9 Å². The minimum atomic E-state index is -3.76. The number of hydrogen-bond acceptors (Lipinski definition) is 5. The molecule has 0 fully saturated rings. The van der Waals surface area contributed by atoms with Gasteiger partial charge in [-0.15, -0.1) is 0 Å². The van der Waals surface area contributed by atoms with Crippen molar-refractivity contribution in [3.8, 4) is 0 Å². The summed E-state index contributed by atoms with van der Waals surface area (Å²) in [5.41, 5.74) is 0. The lowest BCUT2D eigenvalue weighted by Crippen LogP contribution is -2.37. The van der Waals surface area contributed by atoms with Crippen LogP contribution in [0.25, 0.3) is 0 Å². The number of aromatic nitrogens is 1. The SMILES string of the molecule is CC(CS(C)(=O)=O)NS(=O)(=O)c1cncc(Br)c1. The highest BCUT2D eigenvalue weighted by atomic mass is 79.9. The van der Waals surface area contributed by atoms with Gasteiger partial charge < -0.3 is 0 Å². The Kier molecular flexibility index (Phi) is 4.87. The van der Waals surface area contributed by atoms with Gasteiger partial charge in [-0.3, -0.25) is 4.98 Å². The lowest BCUT2D eigenvalue weighted by molar-refractivity contribution is 0.564. The smallest absolute Gasteiger partial charge is 0.242 e. The van der Waals surface area contributed by atoms with E-state index in [-0.39, 0.29) is 10.6 Å². The van der Waals surface area contributed by atoms with Crippen LogP contribution in [-0.4, -0.2) is 39.9 Å². The summed E-state index contributed by atoms with van der Waals surface area (Å²) in [7, 11) is -7.00. The van der Waals surface area contributed by atoms with Gasteiger partial charge in [-0.1, -0.05) is 0 Å². The number of sulfone groups is 1. The number of nitrogens with one attached hydrogen (secondary N) is 1. The zero-order valence-electron chi connectivity index (χ0n) is 9.79. The number of nitrogens with zero attached hydrogens (tertiary/aromatic N) is 1. The van der Waals surface area contributed by atoms with Crippen LogP contribution in [0, 0.1) is 0 Å². The lowest BCUT2D eigenvalue weighted by Gasteiger charge is -2.13. The van der Waals surface area contributed by atoms with Crippen molar-refractivity contribution in [2.75, 3.05) is 12.0 Å². The maximum absolute atomic E-state index is 11.9. The Morgan fingerprint density at radius 3 is 2.44 bits per heavy atom. The molecule has 1 rings (SSSR count). The molecule has 1 unspecified atom stereocenters. The molecule has 0 aromatic carbocycles. The van der Waals surface area contributed by atoms with E-state index in [1.165, 1.54) is 25.4 Å². The molecule has 0 saturated heterocycles. The van der Waals surface area contributed by atoms with Crippen molar-refractivity contribution in [2.24, 2.45) is 0 Å². The van der Waals surface area contributed by atoms with Gasteiger partial charge in [0.1, 0.15) is 14.7 Å². The van der Waals surface area contributed by atoms with Crippen LogP contribution in [0.4, 0.5) is 0 Å². The van der Waals surface area contributed by atoms with Crippen molar-refractivity contribution >= 4 is 35.8 Å². The van der Waals surface area contributed by atoms with Crippen LogP contribution in [0.1, 0.15) is 6.92 Å². The molecular weight excluding hydrogens is 344 g/mol. The van der Waals surface area contributed by atoms with Gasteiger partial charge in [0, 0.05) is 29.2 Å². The zero-order valence-corrected chi connectivity index (χ0v) is 13.0. The van der Waals surface area contributed by atoms with Crippen LogP contribution in [0.5, 0.6) is 0 Å². The molecule has 0 bridgehead atoms. The van der Waals surface area contributed by atoms with Gasteiger partial charge in [0.15, 0.2) is 0 Å². The zero-order chi connectivity index (χ0) is 14.0. The summed E-state index contributed by atoms with van der Waals surface area (Å²) in [5.74, 6) is -0.256. The molecule has 6 nitrogen and oxygen atoms in total. The van der Waals surface area contributed by atoms with Gasteiger partial charge in [0.25, 0.3) is 0 Å². The van der Waals surface area contributed by atoms with Crippen LogP contribution < -0.4 is 4.72 Å². The van der Waals surface area contributed by atoms with Crippen LogP contribution in [0.2, 0.25) is 0 Å². The molecule has 0 aliphatic rings. The summed E-state index contributed by atoms with van der Waals surface area (Å²) >= 11 is 3.12. The standard InChI is InChI=1S/C9H13BrN2O4S2/c1-7(6-17(2,13)14)12-18(15,16)9-3-8(10)4-11-5-9/h3-5,7,12H,6H2,1-2H3. The Balaban J connectivity index is 2.89. The summed E-state index contributed by atoms with van der Waals surface area (Å²) in [6.07, 6.45) is 3.71.